The van der Waals surface area contributed by atoms with Gasteiger partial charge in [-0.05, 0) is 37.0 Å². The Labute approximate surface area is 112 Å². The van der Waals surface area contributed by atoms with Crippen molar-refractivity contribution in [3.63, 3.8) is 0 Å². The van der Waals surface area contributed by atoms with E-state index in [0.29, 0.717) is 0 Å². The highest BCUT2D eigenvalue weighted by atomic mass is 16.6. The van der Waals surface area contributed by atoms with Crippen LogP contribution in [-0.2, 0) is 0 Å². The van der Waals surface area contributed by atoms with Crippen LogP contribution in [0.15, 0.2) is 36.4 Å². The zero-order chi connectivity index (χ0) is 13.8. The predicted molar refractivity (Wildman–Crippen MR) is 73.8 cm³/mol. The van der Waals surface area contributed by atoms with Crippen molar-refractivity contribution in [1.29, 1.82) is 0 Å². The average Bonchev–Trinajstić information content (AvgIpc) is 2.63. The second-order valence-electron chi connectivity index (χ2n) is 5.16. The number of hydrogen-bond acceptors (Lipinski definition) is 3. The zero-order valence-electron chi connectivity index (χ0n) is 10.9. The number of non-ortho nitro benzene ring substituents is 1. The average molecular weight is 261 g/mol. The molecule has 0 bridgehead atoms. The van der Waals surface area contributed by atoms with Crippen LogP contribution in [0.4, 0.5) is 5.69 Å². The van der Waals surface area contributed by atoms with Crippen LogP contribution >= 0.6 is 0 Å². The number of aliphatic hydroxyl groups excluding tert-OH is 1. The number of hydrogen-bond donors (Lipinski definition) is 1. The highest BCUT2D eigenvalue weighted by Crippen LogP contribution is 2.36. The maximum absolute atomic E-state index is 10.6. The molecule has 4 heteroatoms. The van der Waals surface area contributed by atoms with Crippen molar-refractivity contribution >= 4 is 5.69 Å². The van der Waals surface area contributed by atoms with E-state index in [-0.39, 0.29) is 11.6 Å². The molecule has 2 atom stereocenters. The second kappa shape index (κ2) is 5.97. The van der Waals surface area contributed by atoms with Crippen LogP contribution in [0.25, 0.3) is 0 Å². The molecule has 1 saturated carbocycles. The lowest BCUT2D eigenvalue weighted by Crippen LogP contribution is -2.14. The van der Waals surface area contributed by atoms with E-state index in [1.54, 1.807) is 12.1 Å². The van der Waals surface area contributed by atoms with Crippen molar-refractivity contribution in [1.82, 2.24) is 0 Å². The first kappa shape index (κ1) is 13.7. The van der Waals surface area contributed by atoms with E-state index < -0.39 is 11.0 Å². The van der Waals surface area contributed by atoms with Crippen molar-refractivity contribution < 1.29 is 10.0 Å². The minimum atomic E-state index is -0.605. The van der Waals surface area contributed by atoms with Crippen molar-refractivity contribution in [2.24, 2.45) is 5.92 Å². The van der Waals surface area contributed by atoms with Gasteiger partial charge in [0.25, 0.3) is 5.69 Å². The normalized spacial score (nSPS) is 21.7. The van der Waals surface area contributed by atoms with Crippen molar-refractivity contribution in [2.45, 2.75) is 38.2 Å². The topological polar surface area (TPSA) is 63.4 Å². The van der Waals surface area contributed by atoms with E-state index in [1.165, 1.54) is 18.6 Å². The van der Waals surface area contributed by atoms with Gasteiger partial charge in [0.1, 0.15) is 0 Å². The molecule has 19 heavy (non-hydrogen) atoms. The Hall–Kier alpha value is -1.68. The summed E-state index contributed by atoms with van der Waals surface area (Å²) in [6, 6.07) is 6.16. The van der Waals surface area contributed by atoms with Crippen LogP contribution in [0.3, 0.4) is 0 Å². The van der Waals surface area contributed by atoms with Crippen LogP contribution < -0.4 is 0 Å². The maximum atomic E-state index is 10.6. The van der Waals surface area contributed by atoms with Crippen molar-refractivity contribution in [3.8, 4) is 0 Å². The summed E-state index contributed by atoms with van der Waals surface area (Å²) in [4.78, 5) is 10.2. The zero-order valence-corrected chi connectivity index (χ0v) is 10.9. The van der Waals surface area contributed by atoms with Gasteiger partial charge in [-0.15, -0.1) is 0 Å². The van der Waals surface area contributed by atoms with Gasteiger partial charge in [0.05, 0.1) is 11.0 Å². The number of nitro benzene ring substituents is 1. The van der Waals surface area contributed by atoms with Gasteiger partial charge in [-0.2, -0.15) is 0 Å². The highest BCUT2D eigenvalue weighted by Gasteiger charge is 2.25. The molecule has 0 aromatic heterocycles. The van der Waals surface area contributed by atoms with Gasteiger partial charge in [0.15, 0.2) is 0 Å². The van der Waals surface area contributed by atoms with E-state index in [0.717, 1.165) is 36.8 Å². The monoisotopic (exact) mass is 261 g/mol. The first-order chi connectivity index (χ1) is 9.09. The maximum Gasteiger partial charge on any atom is 0.269 e. The summed E-state index contributed by atoms with van der Waals surface area (Å²) < 4.78 is 0. The Morgan fingerprint density at radius 2 is 1.95 bits per heavy atom. The minimum Gasteiger partial charge on any atom is -0.388 e. The second-order valence-corrected chi connectivity index (χ2v) is 5.16. The number of benzene rings is 1. The van der Waals surface area contributed by atoms with E-state index in [9.17, 15) is 15.2 Å². The van der Waals surface area contributed by atoms with E-state index in [4.69, 9.17) is 0 Å². The summed E-state index contributed by atoms with van der Waals surface area (Å²) in [7, 11) is 0. The molecule has 4 nitrogen and oxygen atoms in total. The van der Waals surface area contributed by atoms with Crippen LogP contribution in [0.5, 0.6) is 0 Å². The largest absolute Gasteiger partial charge is 0.388 e. The lowest BCUT2D eigenvalue weighted by molar-refractivity contribution is -0.384. The molecule has 0 heterocycles. The van der Waals surface area contributed by atoms with Gasteiger partial charge in [-0.1, -0.05) is 25.0 Å². The summed E-state index contributed by atoms with van der Waals surface area (Å²) in [5, 5.41) is 21.0. The lowest BCUT2D eigenvalue weighted by Gasteiger charge is -2.23. The fourth-order valence-electron chi connectivity index (χ4n) is 2.69. The molecule has 1 aromatic rings. The van der Waals surface area contributed by atoms with Crippen molar-refractivity contribution in [3.05, 3.63) is 52.1 Å². The van der Waals surface area contributed by atoms with Gasteiger partial charge in [-0.25, -0.2) is 0 Å². The van der Waals surface area contributed by atoms with Crippen LogP contribution in [0.1, 0.15) is 43.8 Å². The summed E-state index contributed by atoms with van der Waals surface area (Å²) in [5.74, 6) is 0.0731. The van der Waals surface area contributed by atoms with Crippen molar-refractivity contribution in [2.75, 3.05) is 0 Å². The van der Waals surface area contributed by atoms with Gasteiger partial charge >= 0.3 is 0 Å². The predicted octanol–water partition coefficient (Wildman–Crippen LogP) is 3.76. The molecular weight excluding hydrogens is 242 g/mol. The first-order valence-corrected chi connectivity index (χ1v) is 6.69. The molecule has 0 spiro atoms. The Morgan fingerprint density at radius 1 is 1.26 bits per heavy atom. The lowest BCUT2D eigenvalue weighted by atomic mass is 9.86. The molecule has 0 saturated heterocycles. The Morgan fingerprint density at radius 3 is 2.58 bits per heavy atom. The number of aliphatic hydroxyl groups is 1. The van der Waals surface area contributed by atoms with E-state index >= 15 is 0 Å². The molecule has 0 radical (unpaired) electrons. The molecule has 1 aliphatic carbocycles. The molecule has 0 aliphatic heterocycles. The molecule has 0 unspecified atom stereocenters. The van der Waals surface area contributed by atoms with Crippen LogP contribution in [-0.4, -0.2) is 10.0 Å². The Kier molecular flexibility index (Phi) is 4.32. The first-order valence-electron chi connectivity index (χ1n) is 6.69. The fraction of sp³-hybridized carbons (Fsp3) is 0.467. The number of rotatable bonds is 3. The quantitative estimate of drug-likeness (QED) is 0.390. The van der Waals surface area contributed by atoms with E-state index in [2.05, 4.69) is 6.58 Å². The fourth-order valence-corrected chi connectivity index (χ4v) is 2.69. The summed E-state index contributed by atoms with van der Waals surface area (Å²) >= 11 is 0. The molecule has 1 fully saturated rings. The highest BCUT2D eigenvalue weighted by molar-refractivity contribution is 5.34. The molecule has 0 amide bonds. The van der Waals surface area contributed by atoms with Gasteiger partial charge in [0.2, 0.25) is 0 Å². The molecular formula is C15H19NO3. The molecule has 1 N–H and O–H groups in total. The molecule has 1 aromatic carbocycles. The van der Waals surface area contributed by atoms with Crippen LogP contribution in [0.2, 0.25) is 0 Å². The molecule has 1 aliphatic rings. The summed E-state index contributed by atoms with van der Waals surface area (Å²) in [5.41, 5.74) is 1.89. The third kappa shape index (κ3) is 3.20. The SMILES string of the molecule is C=C1CCCCC[C@@H]1[C@H](O)c1ccc([N+](=O)[O-])cc1. The van der Waals surface area contributed by atoms with Crippen LogP contribution in [0, 0.1) is 16.0 Å². The minimum absolute atomic E-state index is 0.0515. The number of nitro groups is 1. The Bertz CT molecular complexity index is 467. The third-order valence-corrected chi connectivity index (χ3v) is 3.86. The number of nitrogens with zero attached hydrogens (tertiary/aromatic N) is 1. The van der Waals surface area contributed by atoms with E-state index in [1.807, 2.05) is 0 Å². The molecule has 102 valence electrons. The van der Waals surface area contributed by atoms with Gasteiger partial charge in [0, 0.05) is 18.1 Å². The van der Waals surface area contributed by atoms with Gasteiger partial charge < -0.3 is 5.11 Å². The summed E-state index contributed by atoms with van der Waals surface area (Å²) in [6.07, 6.45) is 4.73. The molecule has 2 rings (SSSR count). The smallest absolute Gasteiger partial charge is 0.269 e. The van der Waals surface area contributed by atoms with Gasteiger partial charge in [-0.3, -0.25) is 10.1 Å². The Balaban J connectivity index is 2.15. The third-order valence-electron chi connectivity index (χ3n) is 3.86. The standard InChI is InChI=1S/C15H19NO3/c1-11-5-3-2-4-6-14(11)15(17)12-7-9-13(10-8-12)16(18)19/h7-10,14-15,17H,1-6H2/t14-,15+/m0/s1. The summed E-state index contributed by atoms with van der Waals surface area (Å²) in [6.45, 7) is 4.08.